The second kappa shape index (κ2) is 5.60. The van der Waals surface area contributed by atoms with E-state index >= 15 is 0 Å². The van der Waals surface area contributed by atoms with E-state index in [0.717, 1.165) is 10.6 Å². The molecule has 1 saturated heterocycles. The number of hydrogen-bond donors (Lipinski definition) is 1. The fourth-order valence-corrected chi connectivity index (χ4v) is 2.62. The van der Waals surface area contributed by atoms with Crippen molar-refractivity contribution >= 4 is 11.9 Å². The van der Waals surface area contributed by atoms with Crippen LogP contribution in [0.5, 0.6) is 0 Å². The van der Waals surface area contributed by atoms with Gasteiger partial charge in [0.15, 0.2) is 5.54 Å². The second-order valence-corrected chi connectivity index (χ2v) is 4.66. The van der Waals surface area contributed by atoms with Gasteiger partial charge in [0, 0.05) is 6.42 Å². The Kier molecular flexibility index (Phi) is 4.06. The molecule has 1 amide bonds. The van der Waals surface area contributed by atoms with Gasteiger partial charge in [-0.1, -0.05) is 30.3 Å². The highest BCUT2D eigenvalue weighted by molar-refractivity contribution is 5.95. The topological polar surface area (TPSA) is 76.1 Å². The van der Waals surface area contributed by atoms with E-state index < -0.39 is 24.0 Å². The minimum atomic E-state index is -1.49. The molecule has 1 aromatic rings. The quantitative estimate of drug-likeness (QED) is 0.811. The third kappa shape index (κ3) is 2.07. The molecular weight excluding hydrogens is 262 g/mol. The summed E-state index contributed by atoms with van der Waals surface area (Å²) in [6, 6.07) is 9.09. The Balaban J connectivity index is 2.42. The van der Waals surface area contributed by atoms with Gasteiger partial charge < -0.3 is 9.84 Å². The van der Waals surface area contributed by atoms with Gasteiger partial charge in [0.05, 0.1) is 26.7 Å². The van der Waals surface area contributed by atoms with Crippen LogP contribution < -0.4 is 0 Å². The molecule has 0 bridgehead atoms. The summed E-state index contributed by atoms with van der Waals surface area (Å²) < 4.78 is 4.72. The molecule has 0 radical (unpaired) electrons. The predicted octanol–water partition coefficient (Wildman–Crippen LogP) is 0.468. The number of hydrogen-bond acceptors (Lipinski definition) is 5. The standard InChI is InChI=1S/C14H17NO5/c1-19-13(18)14(9-16)8-11(12(17)15(14)20-2)10-6-4-3-5-7-10/h3-7,11,16H,8-9H2,1-2H3/t11-,14+/m1/s1. The Morgan fingerprint density at radius 3 is 2.55 bits per heavy atom. The zero-order chi connectivity index (χ0) is 14.8. The maximum Gasteiger partial charge on any atom is 0.336 e. The summed E-state index contributed by atoms with van der Waals surface area (Å²) in [6.45, 7) is -0.553. The van der Waals surface area contributed by atoms with Gasteiger partial charge >= 0.3 is 5.97 Å². The van der Waals surface area contributed by atoms with E-state index in [-0.39, 0.29) is 12.3 Å². The van der Waals surface area contributed by atoms with Crippen molar-refractivity contribution < 1.29 is 24.3 Å². The molecule has 0 spiro atoms. The molecule has 0 unspecified atom stereocenters. The lowest BCUT2D eigenvalue weighted by Gasteiger charge is -2.31. The molecule has 108 valence electrons. The molecule has 1 aliphatic rings. The van der Waals surface area contributed by atoms with E-state index in [1.807, 2.05) is 18.2 Å². The highest BCUT2D eigenvalue weighted by Gasteiger charge is 2.58. The first-order valence-corrected chi connectivity index (χ1v) is 6.23. The predicted molar refractivity (Wildman–Crippen MR) is 69.5 cm³/mol. The summed E-state index contributed by atoms with van der Waals surface area (Å²) >= 11 is 0. The molecule has 1 N–H and O–H groups in total. The Morgan fingerprint density at radius 1 is 1.40 bits per heavy atom. The van der Waals surface area contributed by atoms with Crippen LogP contribution in [0.15, 0.2) is 30.3 Å². The van der Waals surface area contributed by atoms with Gasteiger partial charge in [-0.05, 0) is 5.56 Å². The van der Waals surface area contributed by atoms with Crippen LogP contribution in [0.2, 0.25) is 0 Å². The fraction of sp³-hybridized carbons (Fsp3) is 0.429. The molecule has 1 aliphatic heterocycles. The maximum absolute atomic E-state index is 12.4. The first kappa shape index (κ1) is 14.5. The van der Waals surface area contributed by atoms with Crippen LogP contribution in [-0.4, -0.2) is 48.4 Å². The number of rotatable bonds is 4. The molecule has 0 saturated carbocycles. The van der Waals surface area contributed by atoms with E-state index in [9.17, 15) is 14.7 Å². The van der Waals surface area contributed by atoms with Crippen LogP contribution in [0, 0.1) is 0 Å². The van der Waals surface area contributed by atoms with E-state index in [0.29, 0.717) is 0 Å². The first-order valence-electron chi connectivity index (χ1n) is 6.23. The number of ether oxygens (including phenoxy) is 1. The summed E-state index contributed by atoms with van der Waals surface area (Å²) in [5, 5.41) is 10.6. The Morgan fingerprint density at radius 2 is 2.05 bits per heavy atom. The molecule has 0 aliphatic carbocycles. The number of aliphatic hydroxyl groups is 1. The van der Waals surface area contributed by atoms with E-state index in [1.165, 1.54) is 14.2 Å². The molecule has 1 fully saturated rings. The van der Waals surface area contributed by atoms with Crippen LogP contribution in [0.1, 0.15) is 17.9 Å². The lowest BCUT2D eigenvalue weighted by Crippen LogP contribution is -2.54. The molecule has 6 heteroatoms. The summed E-state index contributed by atoms with van der Waals surface area (Å²) in [6.07, 6.45) is 0.118. The third-order valence-electron chi connectivity index (χ3n) is 3.64. The molecular formula is C14H17NO5. The molecule has 1 aromatic carbocycles. The third-order valence-corrected chi connectivity index (χ3v) is 3.64. The van der Waals surface area contributed by atoms with Crippen molar-refractivity contribution in [1.82, 2.24) is 5.06 Å². The van der Waals surface area contributed by atoms with Crippen LogP contribution in [-0.2, 0) is 19.2 Å². The first-order chi connectivity index (χ1) is 9.60. The molecule has 2 rings (SSSR count). The number of benzene rings is 1. The lowest BCUT2D eigenvalue weighted by atomic mass is 9.89. The van der Waals surface area contributed by atoms with Crippen molar-refractivity contribution in [3.63, 3.8) is 0 Å². The summed E-state index contributed by atoms with van der Waals surface area (Å²) in [5.41, 5.74) is -0.708. The SMILES string of the molecule is COC(=O)[C@@]1(CO)C[C@H](c2ccccc2)C(=O)N1OC. The van der Waals surface area contributed by atoms with Gasteiger partial charge in [0.2, 0.25) is 0 Å². The Labute approximate surface area is 116 Å². The summed E-state index contributed by atoms with van der Waals surface area (Å²) in [5.74, 6) is -1.59. The number of hydroxylamine groups is 2. The van der Waals surface area contributed by atoms with E-state index in [4.69, 9.17) is 9.57 Å². The summed E-state index contributed by atoms with van der Waals surface area (Å²) in [4.78, 5) is 29.4. The van der Waals surface area contributed by atoms with Gasteiger partial charge in [-0.15, -0.1) is 0 Å². The zero-order valence-electron chi connectivity index (χ0n) is 11.4. The number of amides is 1. The Bertz CT molecular complexity index is 504. The number of methoxy groups -OCH3 is 1. The van der Waals surface area contributed by atoms with Gasteiger partial charge in [0.25, 0.3) is 5.91 Å². The largest absolute Gasteiger partial charge is 0.467 e. The van der Waals surface area contributed by atoms with Crippen molar-refractivity contribution in [2.24, 2.45) is 0 Å². The number of nitrogens with zero attached hydrogens (tertiary/aromatic N) is 1. The van der Waals surface area contributed by atoms with Crippen LogP contribution in [0.25, 0.3) is 0 Å². The van der Waals surface area contributed by atoms with Gasteiger partial charge in [0.1, 0.15) is 0 Å². The maximum atomic E-state index is 12.4. The van der Waals surface area contributed by atoms with Crippen molar-refractivity contribution in [1.29, 1.82) is 0 Å². The van der Waals surface area contributed by atoms with Crippen molar-refractivity contribution in [3.8, 4) is 0 Å². The monoisotopic (exact) mass is 279 g/mol. The average Bonchev–Trinajstić information content (AvgIpc) is 2.80. The average molecular weight is 279 g/mol. The minimum absolute atomic E-state index is 0.118. The lowest BCUT2D eigenvalue weighted by molar-refractivity contribution is -0.212. The second-order valence-electron chi connectivity index (χ2n) is 4.66. The van der Waals surface area contributed by atoms with Crippen LogP contribution >= 0.6 is 0 Å². The van der Waals surface area contributed by atoms with Crippen LogP contribution in [0.3, 0.4) is 0 Å². The zero-order valence-corrected chi connectivity index (χ0v) is 11.4. The normalized spacial score (nSPS) is 25.9. The van der Waals surface area contributed by atoms with E-state index in [1.54, 1.807) is 12.1 Å². The van der Waals surface area contributed by atoms with Gasteiger partial charge in [-0.2, -0.15) is 0 Å². The fourth-order valence-electron chi connectivity index (χ4n) is 2.62. The smallest absolute Gasteiger partial charge is 0.336 e. The molecule has 0 aromatic heterocycles. The van der Waals surface area contributed by atoms with Crippen molar-refractivity contribution in [2.45, 2.75) is 17.9 Å². The molecule has 6 nitrogen and oxygen atoms in total. The highest BCUT2D eigenvalue weighted by Crippen LogP contribution is 2.40. The van der Waals surface area contributed by atoms with Gasteiger partial charge in [-0.25, -0.2) is 9.86 Å². The molecule has 1 heterocycles. The number of aliphatic hydroxyl groups excluding tert-OH is 1. The minimum Gasteiger partial charge on any atom is -0.467 e. The van der Waals surface area contributed by atoms with Crippen LogP contribution in [0.4, 0.5) is 0 Å². The molecule has 20 heavy (non-hydrogen) atoms. The van der Waals surface area contributed by atoms with E-state index in [2.05, 4.69) is 0 Å². The van der Waals surface area contributed by atoms with Crippen molar-refractivity contribution in [3.05, 3.63) is 35.9 Å². The number of esters is 1. The van der Waals surface area contributed by atoms with Gasteiger partial charge in [-0.3, -0.25) is 9.63 Å². The Hall–Kier alpha value is -1.92. The highest BCUT2D eigenvalue weighted by atomic mass is 16.7. The van der Waals surface area contributed by atoms with Crippen molar-refractivity contribution in [2.75, 3.05) is 20.8 Å². The molecule has 2 atom stereocenters. The number of carbonyl (C=O) groups is 2. The summed E-state index contributed by atoms with van der Waals surface area (Å²) in [7, 11) is 2.51. The number of carbonyl (C=O) groups excluding carboxylic acids is 2.